The average molecular weight is 403 g/mol. The van der Waals surface area contributed by atoms with Gasteiger partial charge in [-0.1, -0.05) is 11.6 Å². The van der Waals surface area contributed by atoms with Gasteiger partial charge in [0.25, 0.3) is 5.91 Å². The molecule has 2 N–H and O–H groups in total. The number of hydrogen-bond donors (Lipinski definition) is 2. The van der Waals surface area contributed by atoms with Gasteiger partial charge in [-0.2, -0.15) is 5.10 Å². The van der Waals surface area contributed by atoms with Crippen LogP contribution in [0, 0.1) is 0 Å². The smallest absolute Gasteiger partial charge is 0.253 e. The molecule has 3 aromatic heterocycles. The van der Waals surface area contributed by atoms with Crippen molar-refractivity contribution in [1.82, 2.24) is 20.1 Å². The Balaban J connectivity index is 1.59. The third-order valence-electron chi connectivity index (χ3n) is 4.95. The summed E-state index contributed by atoms with van der Waals surface area (Å²) in [5.74, 6) is -0.0721. The van der Waals surface area contributed by atoms with E-state index in [9.17, 15) is 4.79 Å². The monoisotopic (exact) mass is 402 g/mol. The van der Waals surface area contributed by atoms with E-state index in [-0.39, 0.29) is 17.5 Å². The Bertz CT molecular complexity index is 978. The molecule has 7 heteroatoms. The van der Waals surface area contributed by atoms with Crippen LogP contribution >= 0.6 is 22.9 Å². The number of H-pyrrole nitrogens is 1. The molecule has 5 nitrogen and oxygen atoms in total. The van der Waals surface area contributed by atoms with Crippen LogP contribution in [-0.4, -0.2) is 20.7 Å². The lowest BCUT2D eigenvalue weighted by Crippen LogP contribution is -2.32. The lowest BCUT2D eigenvalue weighted by Gasteiger charge is -2.28. The summed E-state index contributed by atoms with van der Waals surface area (Å²) in [4.78, 5) is 17.0. The molecule has 1 unspecified atom stereocenters. The van der Waals surface area contributed by atoms with E-state index in [1.54, 1.807) is 6.20 Å². The minimum absolute atomic E-state index is 0.00739. The van der Waals surface area contributed by atoms with E-state index in [1.807, 2.05) is 24.5 Å². The standard InChI is InChI=1S/C20H23ClN4OS/c1-20(2,3)25-16-6-4-5-15(14(16)11-23-25)24-19(26)13-10-22-9-12(13)17-7-8-18(21)27-17/h7-11,15,22H,4-6H2,1-3H3,(H,24,26). The number of carbonyl (C=O) groups is 1. The van der Waals surface area contributed by atoms with E-state index in [0.717, 1.165) is 35.3 Å². The topological polar surface area (TPSA) is 62.7 Å². The van der Waals surface area contributed by atoms with Crippen molar-refractivity contribution < 1.29 is 4.79 Å². The third kappa shape index (κ3) is 3.44. The van der Waals surface area contributed by atoms with Crippen LogP contribution < -0.4 is 5.32 Å². The Hall–Kier alpha value is -2.05. The van der Waals surface area contributed by atoms with E-state index in [0.29, 0.717) is 9.90 Å². The van der Waals surface area contributed by atoms with Crippen LogP contribution in [0.2, 0.25) is 4.34 Å². The number of amides is 1. The number of nitrogens with one attached hydrogen (secondary N) is 2. The fourth-order valence-electron chi connectivity index (χ4n) is 3.74. The van der Waals surface area contributed by atoms with Crippen molar-refractivity contribution in [3.63, 3.8) is 0 Å². The summed E-state index contributed by atoms with van der Waals surface area (Å²) < 4.78 is 2.81. The zero-order chi connectivity index (χ0) is 19.2. The summed E-state index contributed by atoms with van der Waals surface area (Å²) in [6.45, 7) is 6.46. The van der Waals surface area contributed by atoms with Crippen molar-refractivity contribution in [3.05, 3.63) is 51.9 Å². The number of halogens is 1. The molecule has 27 heavy (non-hydrogen) atoms. The Morgan fingerprint density at radius 3 is 2.89 bits per heavy atom. The van der Waals surface area contributed by atoms with Crippen LogP contribution in [0.1, 0.15) is 61.3 Å². The van der Waals surface area contributed by atoms with Gasteiger partial charge in [-0.3, -0.25) is 9.48 Å². The summed E-state index contributed by atoms with van der Waals surface area (Å²) in [6.07, 6.45) is 8.49. The highest BCUT2D eigenvalue weighted by Gasteiger charge is 2.29. The van der Waals surface area contributed by atoms with E-state index in [1.165, 1.54) is 17.0 Å². The molecule has 1 aliphatic rings. The first-order valence-electron chi connectivity index (χ1n) is 9.15. The highest BCUT2D eigenvalue weighted by atomic mass is 35.5. The predicted octanol–water partition coefficient (Wildman–Crippen LogP) is 5.16. The zero-order valence-corrected chi connectivity index (χ0v) is 17.2. The number of nitrogens with zero attached hydrogens (tertiary/aromatic N) is 2. The molecule has 0 bridgehead atoms. The first kappa shape index (κ1) is 18.3. The van der Waals surface area contributed by atoms with Gasteiger partial charge in [0, 0.05) is 34.1 Å². The van der Waals surface area contributed by atoms with Crippen LogP contribution in [0.15, 0.2) is 30.7 Å². The molecule has 0 spiro atoms. The van der Waals surface area contributed by atoms with Gasteiger partial charge in [0.2, 0.25) is 0 Å². The summed E-state index contributed by atoms with van der Waals surface area (Å²) >= 11 is 7.53. The van der Waals surface area contributed by atoms with Crippen molar-refractivity contribution in [1.29, 1.82) is 0 Å². The SMILES string of the molecule is CC(C)(C)n1ncc2c1CCCC2NC(=O)c1c[nH]cc1-c1ccc(Cl)s1. The molecule has 142 valence electrons. The van der Waals surface area contributed by atoms with Gasteiger partial charge < -0.3 is 10.3 Å². The van der Waals surface area contributed by atoms with Crippen LogP contribution in [0.3, 0.4) is 0 Å². The van der Waals surface area contributed by atoms with Crippen molar-refractivity contribution in [2.24, 2.45) is 0 Å². The maximum atomic E-state index is 13.0. The Morgan fingerprint density at radius 1 is 1.37 bits per heavy atom. The number of carbonyl (C=O) groups excluding carboxylic acids is 1. The second kappa shape index (κ2) is 6.84. The normalized spacial score (nSPS) is 17.0. The van der Waals surface area contributed by atoms with Crippen molar-refractivity contribution >= 4 is 28.8 Å². The molecule has 0 saturated carbocycles. The minimum atomic E-state index is -0.0721. The van der Waals surface area contributed by atoms with Crippen LogP contribution in [0.25, 0.3) is 10.4 Å². The Kier molecular flexibility index (Phi) is 4.64. The number of thiophene rings is 1. The molecule has 0 aromatic carbocycles. The predicted molar refractivity (Wildman–Crippen MR) is 109 cm³/mol. The maximum absolute atomic E-state index is 13.0. The van der Waals surface area contributed by atoms with Crippen LogP contribution in [0.4, 0.5) is 0 Å². The first-order valence-corrected chi connectivity index (χ1v) is 10.3. The van der Waals surface area contributed by atoms with Gasteiger partial charge in [0.15, 0.2) is 0 Å². The van der Waals surface area contributed by atoms with E-state index in [4.69, 9.17) is 11.6 Å². The quantitative estimate of drug-likeness (QED) is 0.635. The Labute approximate surface area is 167 Å². The van der Waals surface area contributed by atoms with Crippen LogP contribution in [0.5, 0.6) is 0 Å². The zero-order valence-electron chi connectivity index (χ0n) is 15.7. The summed E-state index contributed by atoms with van der Waals surface area (Å²) in [7, 11) is 0. The second-order valence-corrected chi connectivity index (χ2v) is 9.65. The summed E-state index contributed by atoms with van der Waals surface area (Å²) in [6, 6.07) is 3.79. The van der Waals surface area contributed by atoms with Gasteiger partial charge in [-0.05, 0) is 52.2 Å². The van der Waals surface area contributed by atoms with Crippen molar-refractivity contribution in [2.45, 2.75) is 51.6 Å². The first-order chi connectivity index (χ1) is 12.8. The lowest BCUT2D eigenvalue weighted by atomic mass is 9.92. The summed E-state index contributed by atoms with van der Waals surface area (Å²) in [5.41, 5.74) is 3.83. The van der Waals surface area contributed by atoms with Crippen LogP contribution in [-0.2, 0) is 12.0 Å². The lowest BCUT2D eigenvalue weighted by molar-refractivity contribution is 0.0933. The van der Waals surface area contributed by atoms with Crippen molar-refractivity contribution in [3.8, 4) is 10.4 Å². The molecule has 0 radical (unpaired) electrons. The van der Waals surface area contributed by atoms with E-state index >= 15 is 0 Å². The number of aromatic amines is 1. The molecule has 0 aliphatic heterocycles. The molecule has 3 aromatic rings. The molecule has 3 heterocycles. The largest absolute Gasteiger partial charge is 0.366 e. The highest BCUT2D eigenvalue weighted by molar-refractivity contribution is 7.19. The van der Waals surface area contributed by atoms with Gasteiger partial charge in [0.1, 0.15) is 0 Å². The van der Waals surface area contributed by atoms with Crippen molar-refractivity contribution in [2.75, 3.05) is 0 Å². The van der Waals surface area contributed by atoms with Gasteiger partial charge in [0.05, 0.1) is 27.7 Å². The fraction of sp³-hybridized carbons (Fsp3) is 0.400. The molecule has 1 atom stereocenters. The summed E-state index contributed by atoms with van der Waals surface area (Å²) in [5, 5.41) is 7.82. The molecule has 0 fully saturated rings. The minimum Gasteiger partial charge on any atom is -0.366 e. The fourth-order valence-corrected chi connectivity index (χ4v) is 4.81. The average Bonchev–Trinajstić information content (AvgIpc) is 3.32. The molecule has 0 saturated heterocycles. The molecule has 1 amide bonds. The molecule has 4 rings (SSSR count). The van der Waals surface area contributed by atoms with Gasteiger partial charge in [-0.25, -0.2) is 0 Å². The highest BCUT2D eigenvalue weighted by Crippen LogP contribution is 2.35. The number of rotatable bonds is 3. The van der Waals surface area contributed by atoms with E-state index < -0.39 is 0 Å². The molecule has 1 aliphatic carbocycles. The maximum Gasteiger partial charge on any atom is 0.253 e. The molecular formula is C20H23ClN4OS. The number of aromatic nitrogens is 3. The van der Waals surface area contributed by atoms with Gasteiger partial charge in [-0.15, -0.1) is 11.3 Å². The van der Waals surface area contributed by atoms with Gasteiger partial charge >= 0.3 is 0 Å². The Morgan fingerprint density at radius 2 is 2.19 bits per heavy atom. The van der Waals surface area contributed by atoms with E-state index in [2.05, 4.69) is 40.9 Å². The number of fused-ring (bicyclic) bond motifs is 1. The third-order valence-corrected chi connectivity index (χ3v) is 6.22. The second-order valence-electron chi connectivity index (χ2n) is 7.93. The molecular weight excluding hydrogens is 380 g/mol. The number of hydrogen-bond acceptors (Lipinski definition) is 3.